The fraction of sp³-hybridized carbons (Fsp3) is 0.333. The monoisotopic (exact) mass is 279 g/mol. The molecule has 2 rings (SSSR count). The van der Waals surface area contributed by atoms with E-state index in [1.807, 2.05) is 24.4 Å². The number of amidine groups is 1. The number of aromatic nitrogens is 1. The van der Waals surface area contributed by atoms with Crippen molar-refractivity contribution in [2.75, 3.05) is 0 Å². The van der Waals surface area contributed by atoms with E-state index in [0.717, 1.165) is 29.9 Å². The number of hydrogen-bond donors (Lipinski definition) is 1. The molecule has 3 heteroatoms. The normalized spacial score (nSPS) is 21.2. The van der Waals surface area contributed by atoms with Crippen LogP contribution in [0.3, 0.4) is 0 Å². The molecule has 1 unspecified atom stereocenters. The van der Waals surface area contributed by atoms with E-state index >= 15 is 0 Å². The van der Waals surface area contributed by atoms with E-state index in [9.17, 15) is 0 Å². The zero-order chi connectivity index (χ0) is 15.1. The first-order valence-corrected chi connectivity index (χ1v) is 7.31. The summed E-state index contributed by atoms with van der Waals surface area (Å²) >= 11 is 0. The summed E-state index contributed by atoms with van der Waals surface area (Å²) in [5, 5.41) is 3.11. The molecule has 3 nitrogen and oxygen atoms in total. The van der Waals surface area contributed by atoms with Gasteiger partial charge in [-0.25, -0.2) is 9.98 Å². The van der Waals surface area contributed by atoms with Gasteiger partial charge >= 0.3 is 0 Å². The van der Waals surface area contributed by atoms with Gasteiger partial charge < -0.3 is 5.32 Å². The average Bonchev–Trinajstić information content (AvgIpc) is 2.66. The molecule has 1 aromatic heterocycles. The highest BCUT2D eigenvalue weighted by Gasteiger charge is 2.22. The van der Waals surface area contributed by atoms with Gasteiger partial charge in [0.1, 0.15) is 11.5 Å². The fourth-order valence-electron chi connectivity index (χ4n) is 2.43. The molecule has 0 saturated heterocycles. The van der Waals surface area contributed by atoms with Crippen molar-refractivity contribution in [1.82, 2.24) is 10.3 Å². The number of nitrogens with one attached hydrogen (secondary N) is 1. The number of pyridine rings is 1. The minimum absolute atomic E-state index is 0.388. The molecule has 2 heterocycles. The lowest BCUT2D eigenvalue weighted by Gasteiger charge is -2.20. The summed E-state index contributed by atoms with van der Waals surface area (Å²) in [6.07, 6.45) is 7.33. The number of rotatable bonds is 2. The van der Waals surface area contributed by atoms with E-state index in [2.05, 4.69) is 47.6 Å². The Morgan fingerprint density at radius 3 is 2.95 bits per heavy atom. The van der Waals surface area contributed by atoms with Gasteiger partial charge in [-0.2, -0.15) is 0 Å². The molecule has 0 fully saturated rings. The summed E-state index contributed by atoms with van der Waals surface area (Å²) in [6.45, 7) is 8.13. The molecule has 21 heavy (non-hydrogen) atoms. The van der Waals surface area contributed by atoms with Crippen LogP contribution in [0.15, 0.2) is 53.9 Å². The molecule has 1 aliphatic heterocycles. The van der Waals surface area contributed by atoms with E-state index in [1.165, 1.54) is 0 Å². The highest BCUT2D eigenvalue weighted by atomic mass is 15.0. The highest BCUT2D eigenvalue weighted by molar-refractivity contribution is 5.84. The van der Waals surface area contributed by atoms with Crippen molar-refractivity contribution in [2.24, 2.45) is 16.8 Å². The lowest BCUT2D eigenvalue weighted by Crippen LogP contribution is -2.22. The first-order chi connectivity index (χ1) is 10.2. The molecule has 0 saturated carbocycles. The van der Waals surface area contributed by atoms with Crippen LogP contribution in [0, 0.1) is 23.7 Å². The Kier molecular flexibility index (Phi) is 5.34. The smallest absolute Gasteiger partial charge is 0.113 e. The average molecular weight is 279 g/mol. The summed E-state index contributed by atoms with van der Waals surface area (Å²) in [6, 6.07) is 5.75. The molecular formula is C18H21N3. The predicted octanol–water partition coefficient (Wildman–Crippen LogP) is 3.51. The molecule has 0 bridgehead atoms. The summed E-state index contributed by atoms with van der Waals surface area (Å²) in [5.41, 5.74) is 1.85. The quantitative estimate of drug-likeness (QED) is 0.841. The second-order valence-electron chi connectivity index (χ2n) is 5.13. The summed E-state index contributed by atoms with van der Waals surface area (Å²) in [4.78, 5) is 8.74. The number of aliphatic imine (C=N–C) groups is 1. The van der Waals surface area contributed by atoms with Crippen LogP contribution in [0.1, 0.15) is 32.4 Å². The molecule has 0 radical (unpaired) electrons. The van der Waals surface area contributed by atoms with E-state index in [4.69, 9.17) is 0 Å². The fourth-order valence-corrected chi connectivity index (χ4v) is 2.43. The highest BCUT2D eigenvalue weighted by Crippen LogP contribution is 2.28. The summed E-state index contributed by atoms with van der Waals surface area (Å²) in [7, 11) is 0. The molecule has 0 aliphatic carbocycles. The first-order valence-electron chi connectivity index (χ1n) is 7.31. The Morgan fingerprint density at radius 1 is 1.43 bits per heavy atom. The van der Waals surface area contributed by atoms with Crippen LogP contribution < -0.4 is 5.32 Å². The van der Waals surface area contributed by atoms with Gasteiger partial charge in [-0.1, -0.05) is 38.8 Å². The number of nitrogens with zero attached hydrogens (tertiary/aromatic N) is 2. The van der Waals surface area contributed by atoms with E-state index in [1.54, 1.807) is 12.4 Å². The lowest BCUT2D eigenvalue weighted by atomic mass is 9.84. The Hall–Kier alpha value is -2.34. The van der Waals surface area contributed by atoms with Crippen molar-refractivity contribution in [1.29, 1.82) is 0 Å². The molecule has 108 valence electrons. The van der Waals surface area contributed by atoms with Crippen molar-refractivity contribution in [3.05, 3.63) is 54.6 Å². The van der Waals surface area contributed by atoms with Gasteiger partial charge in [-0.15, -0.1) is 0 Å². The van der Waals surface area contributed by atoms with E-state index < -0.39 is 0 Å². The maximum absolute atomic E-state index is 4.50. The zero-order valence-corrected chi connectivity index (χ0v) is 12.6. The predicted molar refractivity (Wildman–Crippen MR) is 87.5 cm³/mol. The molecule has 1 N–H and O–H groups in total. The maximum Gasteiger partial charge on any atom is 0.113 e. The van der Waals surface area contributed by atoms with Crippen LogP contribution >= 0.6 is 0 Å². The minimum Gasteiger partial charge on any atom is -0.351 e. The molecular weight excluding hydrogens is 258 g/mol. The zero-order valence-electron chi connectivity index (χ0n) is 12.6. The molecule has 2 atom stereocenters. The Labute approximate surface area is 126 Å². The molecule has 1 aromatic rings. The minimum atomic E-state index is 0.388. The molecule has 0 spiro atoms. The van der Waals surface area contributed by atoms with Crippen molar-refractivity contribution in [3.8, 4) is 11.8 Å². The van der Waals surface area contributed by atoms with Gasteiger partial charge in [0.25, 0.3) is 0 Å². The van der Waals surface area contributed by atoms with Gasteiger partial charge in [0, 0.05) is 24.4 Å². The van der Waals surface area contributed by atoms with Crippen LogP contribution in [-0.2, 0) is 0 Å². The topological polar surface area (TPSA) is 37.3 Å². The third-order valence-corrected chi connectivity index (χ3v) is 3.81. The molecule has 1 aliphatic rings. The molecule has 0 aromatic carbocycles. The van der Waals surface area contributed by atoms with Crippen LogP contribution in [0.25, 0.3) is 0 Å². The van der Waals surface area contributed by atoms with E-state index in [0.29, 0.717) is 11.8 Å². The van der Waals surface area contributed by atoms with Crippen molar-refractivity contribution in [3.63, 3.8) is 0 Å². The van der Waals surface area contributed by atoms with Crippen LogP contribution in [0.2, 0.25) is 0 Å². The van der Waals surface area contributed by atoms with Crippen LogP contribution in [0.5, 0.6) is 0 Å². The number of hydrogen-bond acceptors (Lipinski definition) is 3. The Balaban J connectivity index is 2.27. The maximum atomic E-state index is 4.50. The Morgan fingerprint density at radius 2 is 2.29 bits per heavy atom. The third-order valence-electron chi connectivity index (χ3n) is 3.81. The largest absolute Gasteiger partial charge is 0.351 e. The second kappa shape index (κ2) is 7.44. The van der Waals surface area contributed by atoms with Crippen molar-refractivity contribution in [2.45, 2.75) is 26.7 Å². The lowest BCUT2D eigenvalue weighted by molar-refractivity contribution is 0.412. The van der Waals surface area contributed by atoms with E-state index in [-0.39, 0.29) is 0 Å². The van der Waals surface area contributed by atoms with Crippen LogP contribution in [-0.4, -0.2) is 10.8 Å². The summed E-state index contributed by atoms with van der Waals surface area (Å²) in [5.74, 6) is 8.24. The van der Waals surface area contributed by atoms with Gasteiger partial charge in [-0.3, -0.25) is 0 Å². The van der Waals surface area contributed by atoms with Crippen LogP contribution in [0.4, 0.5) is 0 Å². The van der Waals surface area contributed by atoms with Crippen molar-refractivity contribution >= 4 is 5.84 Å². The van der Waals surface area contributed by atoms with Gasteiger partial charge in [-0.05, 0) is 36.1 Å². The van der Waals surface area contributed by atoms with Gasteiger partial charge in [0.15, 0.2) is 0 Å². The third kappa shape index (κ3) is 4.06. The Bertz CT molecular complexity index is 602. The molecule has 0 amide bonds. The summed E-state index contributed by atoms with van der Waals surface area (Å²) < 4.78 is 0. The van der Waals surface area contributed by atoms with Gasteiger partial charge in [0.2, 0.25) is 0 Å². The SMILES string of the molecule is C=CNC1=NC=C(C#Cc2ccccn2)[C@H](C)C(CC)C1. The second-order valence-corrected chi connectivity index (χ2v) is 5.13. The van der Waals surface area contributed by atoms with Crippen molar-refractivity contribution < 1.29 is 0 Å². The standard InChI is InChI=1S/C18H21N3/c1-4-15-12-18(19-5-2)21-13-16(14(15)3)9-10-17-8-6-7-11-20-17/h5-8,11,13-15H,2,4,12H2,1,3H3,(H,19,21)/t14-,15?/m1/s1. The number of allylic oxidation sites excluding steroid dienone is 1. The van der Waals surface area contributed by atoms with Gasteiger partial charge in [0.05, 0.1) is 0 Å². The first kappa shape index (κ1) is 15.1.